The van der Waals surface area contributed by atoms with Crippen molar-refractivity contribution < 1.29 is 0 Å². The normalized spacial score (nSPS) is 12.2. The predicted molar refractivity (Wildman–Crippen MR) is 312 cm³/mol. The molecule has 16 aromatic rings. The van der Waals surface area contributed by atoms with Gasteiger partial charge in [-0.25, -0.2) is 0 Å². The van der Waals surface area contributed by atoms with Gasteiger partial charge < -0.3 is 0 Å². The molecule has 0 radical (unpaired) electrons. The summed E-state index contributed by atoms with van der Waals surface area (Å²) in [6, 6.07) is 96.3. The molecular weight excluding hydrogens is 865 g/mol. The van der Waals surface area contributed by atoms with E-state index in [9.17, 15) is 0 Å². The van der Waals surface area contributed by atoms with Gasteiger partial charge in [0.15, 0.2) is 0 Å². The van der Waals surface area contributed by atoms with E-state index in [1.54, 1.807) is 0 Å². The second-order valence-corrected chi connectivity index (χ2v) is 19.8. The fourth-order valence-electron chi connectivity index (χ4n) is 13.0. The van der Waals surface area contributed by atoms with Gasteiger partial charge in [0.25, 0.3) is 0 Å². The molecule has 0 heteroatoms. The van der Waals surface area contributed by atoms with Gasteiger partial charge in [-0.1, -0.05) is 218 Å². The molecule has 0 amide bonds. The molecule has 72 heavy (non-hydrogen) atoms. The fraction of sp³-hybridized carbons (Fsp3) is 0. The molecule has 0 saturated carbocycles. The highest BCUT2D eigenvalue weighted by Gasteiger charge is 2.25. The van der Waals surface area contributed by atoms with Crippen molar-refractivity contribution in [1.82, 2.24) is 0 Å². The summed E-state index contributed by atoms with van der Waals surface area (Å²) in [5.74, 6) is 0. The Hall–Kier alpha value is -9.36. The van der Waals surface area contributed by atoms with E-state index in [0.29, 0.717) is 0 Å². The summed E-state index contributed by atoms with van der Waals surface area (Å²) in [4.78, 5) is 0. The monoisotopic (exact) mass is 906 g/mol. The Morgan fingerprint density at radius 2 is 0.306 bits per heavy atom. The molecule has 0 aliphatic rings. The first-order valence-corrected chi connectivity index (χ1v) is 25.2. The molecule has 0 nitrogen and oxygen atoms in total. The van der Waals surface area contributed by atoms with Crippen LogP contribution >= 0.6 is 0 Å². The van der Waals surface area contributed by atoms with Crippen LogP contribution in [0.15, 0.2) is 255 Å². The first-order chi connectivity index (χ1) is 35.7. The van der Waals surface area contributed by atoms with Crippen LogP contribution < -0.4 is 0 Å². The third-order valence-corrected chi connectivity index (χ3v) is 16.1. The molecule has 16 aromatic carbocycles. The van der Waals surface area contributed by atoms with E-state index in [4.69, 9.17) is 0 Å². The van der Waals surface area contributed by atoms with E-state index in [1.165, 1.54) is 163 Å². The minimum Gasteiger partial charge on any atom is -0.0616 e. The van der Waals surface area contributed by atoms with Crippen LogP contribution in [-0.4, -0.2) is 0 Å². The quantitative estimate of drug-likeness (QED) is 0.154. The molecule has 330 valence electrons. The summed E-state index contributed by atoms with van der Waals surface area (Å²) in [6.45, 7) is 0. The molecule has 0 fully saturated rings. The summed E-state index contributed by atoms with van der Waals surface area (Å²) < 4.78 is 0. The van der Waals surface area contributed by atoms with Gasteiger partial charge in [-0.3, -0.25) is 0 Å². The second-order valence-electron chi connectivity index (χ2n) is 19.8. The summed E-state index contributed by atoms with van der Waals surface area (Å²) in [7, 11) is 0. The van der Waals surface area contributed by atoms with Crippen LogP contribution in [0.2, 0.25) is 0 Å². The summed E-state index contributed by atoms with van der Waals surface area (Å²) in [5.41, 5.74) is 9.95. The lowest BCUT2D eigenvalue weighted by atomic mass is 9.79. The summed E-state index contributed by atoms with van der Waals surface area (Å²) in [5, 5.41) is 27.8. The summed E-state index contributed by atoms with van der Waals surface area (Å²) in [6.07, 6.45) is 0. The SMILES string of the molecule is c1ccc2c(c1)cc(-c1cc(-c3cc4ccccc4c4ccccc34)c3ccc4c(-c5cc6ccccc6c6ccccc56)cc(-c5cc6ccccc6c6ccccc56)c5ccc1c3c54)c1ccccc12. The Kier molecular flexibility index (Phi) is 8.26. The Morgan fingerprint density at radius 1 is 0.125 bits per heavy atom. The van der Waals surface area contributed by atoms with Crippen LogP contribution in [-0.2, 0) is 0 Å². The van der Waals surface area contributed by atoms with Crippen LogP contribution in [0, 0.1) is 0 Å². The van der Waals surface area contributed by atoms with Crippen molar-refractivity contribution >= 4 is 118 Å². The minimum absolute atomic E-state index is 1.24. The first kappa shape index (κ1) is 39.5. The van der Waals surface area contributed by atoms with Gasteiger partial charge in [-0.15, -0.1) is 0 Å². The molecule has 16 rings (SSSR count). The van der Waals surface area contributed by atoms with Crippen molar-refractivity contribution in [3.63, 3.8) is 0 Å². The molecule has 0 atom stereocenters. The van der Waals surface area contributed by atoms with Crippen LogP contribution in [0.5, 0.6) is 0 Å². The van der Waals surface area contributed by atoms with E-state index in [2.05, 4.69) is 255 Å². The van der Waals surface area contributed by atoms with Crippen LogP contribution in [0.4, 0.5) is 0 Å². The molecule has 0 spiro atoms. The molecular formula is C72H42. The van der Waals surface area contributed by atoms with Crippen LogP contribution in [0.3, 0.4) is 0 Å². The maximum atomic E-state index is 2.53. The average molecular weight is 907 g/mol. The highest BCUT2D eigenvalue weighted by molar-refractivity contribution is 6.35. The van der Waals surface area contributed by atoms with Crippen molar-refractivity contribution in [1.29, 1.82) is 0 Å². The molecule has 0 heterocycles. The molecule has 0 aromatic heterocycles. The fourth-order valence-corrected chi connectivity index (χ4v) is 13.0. The molecule has 0 saturated heterocycles. The Labute approximate surface area is 415 Å². The number of benzene rings is 16. The average Bonchev–Trinajstić information content (AvgIpc) is 3.45. The maximum absolute atomic E-state index is 2.53. The second kappa shape index (κ2) is 15.1. The zero-order valence-electron chi connectivity index (χ0n) is 39.2. The van der Waals surface area contributed by atoms with Crippen molar-refractivity contribution in [3.05, 3.63) is 255 Å². The molecule has 0 unspecified atom stereocenters. The van der Waals surface area contributed by atoms with Gasteiger partial charge in [0.05, 0.1) is 0 Å². The van der Waals surface area contributed by atoms with Crippen molar-refractivity contribution in [2.24, 2.45) is 0 Å². The molecule has 0 aliphatic carbocycles. The molecule has 0 aliphatic heterocycles. The van der Waals surface area contributed by atoms with Crippen molar-refractivity contribution in [2.45, 2.75) is 0 Å². The topological polar surface area (TPSA) is 0 Å². The van der Waals surface area contributed by atoms with Gasteiger partial charge in [0.2, 0.25) is 0 Å². The largest absolute Gasteiger partial charge is 0.0616 e. The van der Waals surface area contributed by atoms with Gasteiger partial charge in [-0.05, 0) is 199 Å². The number of fused-ring (bicyclic) bond motifs is 12. The molecule has 0 bridgehead atoms. The van der Waals surface area contributed by atoms with E-state index >= 15 is 0 Å². The zero-order chi connectivity index (χ0) is 47.0. The van der Waals surface area contributed by atoms with Gasteiger partial charge in [0.1, 0.15) is 0 Å². The predicted octanol–water partition coefficient (Wildman–Crippen LogP) is 20.5. The molecule has 0 N–H and O–H groups in total. The Bertz CT molecular complexity index is 4350. The number of hydrogen-bond acceptors (Lipinski definition) is 0. The smallest absolute Gasteiger partial charge is 0.00139 e. The van der Waals surface area contributed by atoms with E-state index < -0.39 is 0 Å². The lowest BCUT2D eigenvalue weighted by Gasteiger charge is -2.24. The van der Waals surface area contributed by atoms with E-state index in [0.717, 1.165) is 0 Å². The standard InChI is InChI=1S/C72H42/c1-5-21-47-43(17-1)37-63(55-29-13-9-25-51(47)55)67-41-68(64-38-44-18-2-6-22-48(44)52-26-10-14-30-56(52)64)60-35-36-62-70(66-40-46-20-4-8-24-50(46)54-28-12-16-32-58(54)66)42-69(61-34-33-59(67)71(60)72(61)62)65-39-45-19-3-7-23-49(45)53-27-11-15-31-57(53)65/h1-42H. The maximum Gasteiger partial charge on any atom is -0.00139 e. The van der Waals surface area contributed by atoms with Crippen molar-refractivity contribution in [3.8, 4) is 44.5 Å². The van der Waals surface area contributed by atoms with Gasteiger partial charge >= 0.3 is 0 Å². The third kappa shape index (κ3) is 5.58. The van der Waals surface area contributed by atoms with Gasteiger partial charge in [-0.2, -0.15) is 0 Å². The lowest BCUT2D eigenvalue weighted by Crippen LogP contribution is -1.96. The highest BCUT2D eigenvalue weighted by Crippen LogP contribution is 2.52. The van der Waals surface area contributed by atoms with Crippen molar-refractivity contribution in [2.75, 3.05) is 0 Å². The van der Waals surface area contributed by atoms with E-state index in [1.807, 2.05) is 0 Å². The Balaban J connectivity index is 1.14. The number of hydrogen-bond donors (Lipinski definition) is 0. The minimum atomic E-state index is 1.24. The van der Waals surface area contributed by atoms with Gasteiger partial charge in [0, 0.05) is 0 Å². The summed E-state index contributed by atoms with van der Waals surface area (Å²) >= 11 is 0. The lowest BCUT2D eigenvalue weighted by molar-refractivity contribution is 1.68. The van der Waals surface area contributed by atoms with E-state index in [-0.39, 0.29) is 0 Å². The Morgan fingerprint density at radius 3 is 0.542 bits per heavy atom. The third-order valence-electron chi connectivity index (χ3n) is 16.1. The highest BCUT2D eigenvalue weighted by atomic mass is 14.3. The van der Waals surface area contributed by atoms with Crippen LogP contribution in [0.1, 0.15) is 0 Å². The number of rotatable bonds is 4. The first-order valence-electron chi connectivity index (χ1n) is 25.2. The zero-order valence-corrected chi connectivity index (χ0v) is 39.2. The van der Waals surface area contributed by atoms with Crippen LogP contribution in [0.25, 0.3) is 163 Å².